The lowest BCUT2D eigenvalue weighted by molar-refractivity contribution is 0.415. The molecule has 1 aromatic heterocycles. The van der Waals surface area contributed by atoms with Crippen LogP contribution in [-0.2, 0) is 6.54 Å². The highest BCUT2D eigenvalue weighted by atomic mass is 16.5. The van der Waals surface area contributed by atoms with E-state index in [-0.39, 0.29) is 0 Å². The summed E-state index contributed by atoms with van der Waals surface area (Å²) in [6.07, 6.45) is 4.87. The Morgan fingerprint density at radius 2 is 2.00 bits per heavy atom. The van der Waals surface area contributed by atoms with Gasteiger partial charge in [-0.3, -0.25) is 4.98 Å². The molecule has 0 aliphatic carbocycles. The van der Waals surface area contributed by atoms with E-state index in [0.717, 1.165) is 36.6 Å². The quantitative estimate of drug-likeness (QED) is 0.792. The smallest absolute Gasteiger partial charge is 0.142 e. The van der Waals surface area contributed by atoms with Gasteiger partial charge in [-0.15, -0.1) is 0 Å². The fourth-order valence-corrected chi connectivity index (χ4v) is 2.32. The highest BCUT2D eigenvalue weighted by Gasteiger charge is 2.12. The second-order valence-corrected chi connectivity index (χ2v) is 4.91. The predicted molar refractivity (Wildman–Crippen MR) is 87.3 cm³/mol. The molecular weight excluding hydrogens is 262 g/mol. The Kier molecular flexibility index (Phi) is 5.58. The Hall–Kier alpha value is -2.07. The van der Waals surface area contributed by atoms with Gasteiger partial charge in [-0.1, -0.05) is 19.1 Å². The van der Waals surface area contributed by atoms with Crippen molar-refractivity contribution in [2.75, 3.05) is 25.6 Å². The van der Waals surface area contributed by atoms with E-state index >= 15 is 0 Å². The van der Waals surface area contributed by atoms with Gasteiger partial charge in [0.15, 0.2) is 0 Å². The van der Waals surface area contributed by atoms with Gasteiger partial charge in [-0.25, -0.2) is 0 Å². The first-order valence-electron chi connectivity index (χ1n) is 7.28. The number of pyridine rings is 1. The molecule has 21 heavy (non-hydrogen) atoms. The number of nitrogens with zero attached hydrogens (tertiary/aromatic N) is 2. The van der Waals surface area contributed by atoms with Crippen LogP contribution >= 0.6 is 0 Å². The first-order valence-corrected chi connectivity index (χ1v) is 7.28. The van der Waals surface area contributed by atoms with Crippen molar-refractivity contribution < 1.29 is 4.74 Å². The minimum absolute atomic E-state index is 0.816. The molecule has 1 aromatic carbocycles. The molecule has 112 valence electrons. The van der Waals surface area contributed by atoms with Crippen molar-refractivity contribution in [1.82, 2.24) is 10.3 Å². The average Bonchev–Trinajstić information content (AvgIpc) is 2.55. The van der Waals surface area contributed by atoms with Crippen LogP contribution in [-0.4, -0.2) is 25.7 Å². The maximum absolute atomic E-state index is 5.45. The third-order valence-corrected chi connectivity index (χ3v) is 3.43. The number of anilines is 2. The lowest BCUT2D eigenvalue weighted by Gasteiger charge is -2.24. The topological polar surface area (TPSA) is 37.4 Å². The van der Waals surface area contributed by atoms with Crippen LogP contribution in [0.3, 0.4) is 0 Å². The SMILES string of the molecule is CCCNCc1cnccc1N(C)c1ccccc1OC. The molecule has 2 rings (SSSR count). The number of benzene rings is 1. The van der Waals surface area contributed by atoms with Gasteiger partial charge in [-0.2, -0.15) is 0 Å². The number of ether oxygens (including phenoxy) is 1. The summed E-state index contributed by atoms with van der Waals surface area (Å²) < 4.78 is 5.45. The summed E-state index contributed by atoms with van der Waals surface area (Å²) in [5.41, 5.74) is 3.36. The van der Waals surface area contributed by atoms with Crippen LogP contribution in [0, 0.1) is 0 Å². The van der Waals surface area contributed by atoms with Gasteiger partial charge in [0.1, 0.15) is 5.75 Å². The number of nitrogens with one attached hydrogen (secondary N) is 1. The van der Waals surface area contributed by atoms with Crippen molar-refractivity contribution >= 4 is 11.4 Å². The molecular formula is C17H23N3O. The predicted octanol–water partition coefficient (Wildman–Crippen LogP) is 3.36. The minimum atomic E-state index is 0.816. The summed E-state index contributed by atoms with van der Waals surface area (Å²) in [7, 11) is 3.75. The lowest BCUT2D eigenvalue weighted by Crippen LogP contribution is -2.18. The Morgan fingerprint density at radius 3 is 2.76 bits per heavy atom. The highest BCUT2D eigenvalue weighted by Crippen LogP contribution is 2.33. The van der Waals surface area contributed by atoms with Crippen molar-refractivity contribution in [3.63, 3.8) is 0 Å². The van der Waals surface area contributed by atoms with E-state index in [1.807, 2.05) is 36.7 Å². The number of hydrogen-bond donors (Lipinski definition) is 1. The van der Waals surface area contributed by atoms with Crippen LogP contribution < -0.4 is 15.0 Å². The standard InChI is InChI=1S/C17H23N3O/c1-4-10-18-12-14-13-19-11-9-15(14)20(2)16-7-5-6-8-17(16)21-3/h5-9,11,13,18H,4,10,12H2,1-3H3. The summed E-state index contributed by atoms with van der Waals surface area (Å²) >= 11 is 0. The number of rotatable bonds is 7. The molecule has 0 bridgehead atoms. The second kappa shape index (κ2) is 7.64. The molecule has 0 unspecified atom stereocenters. The van der Waals surface area contributed by atoms with Crippen molar-refractivity contribution in [2.24, 2.45) is 0 Å². The van der Waals surface area contributed by atoms with Gasteiger partial charge in [0.2, 0.25) is 0 Å². The third-order valence-electron chi connectivity index (χ3n) is 3.43. The highest BCUT2D eigenvalue weighted by molar-refractivity contribution is 5.70. The van der Waals surface area contributed by atoms with Crippen molar-refractivity contribution in [3.05, 3.63) is 48.3 Å². The van der Waals surface area contributed by atoms with Gasteiger partial charge < -0.3 is 15.0 Å². The van der Waals surface area contributed by atoms with E-state index in [1.165, 1.54) is 5.56 Å². The molecule has 0 radical (unpaired) electrons. The van der Waals surface area contributed by atoms with Crippen LogP contribution in [0.4, 0.5) is 11.4 Å². The molecule has 0 spiro atoms. The number of aromatic nitrogens is 1. The molecule has 4 nitrogen and oxygen atoms in total. The largest absolute Gasteiger partial charge is 0.495 e. The van der Waals surface area contributed by atoms with E-state index in [9.17, 15) is 0 Å². The molecule has 0 saturated heterocycles. The maximum atomic E-state index is 5.45. The Labute approximate surface area is 126 Å². The minimum Gasteiger partial charge on any atom is -0.495 e. The van der Waals surface area contributed by atoms with E-state index in [4.69, 9.17) is 4.74 Å². The number of para-hydroxylation sites is 2. The summed E-state index contributed by atoms with van der Waals surface area (Å²) in [6, 6.07) is 10.1. The van der Waals surface area contributed by atoms with E-state index in [1.54, 1.807) is 7.11 Å². The van der Waals surface area contributed by atoms with Crippen molar-refractivity contribution in [2.45, 2.75) is 19.9 Å². The third kappa shape index (κ3) is 3.73. The first-order chi connectivity index (χ1) is 10.3. The summed E-state index contributed by atoms with van der Waals surface area (Å²) in [5.74, 6) is 0.865. The van der Waals surface area contributed by atoms with Gasteiger partial charge >= 0.3 is 0 Å². The van der Waals surface area contributed by atoms with Gasteiger partial charge in [0, 0.05) is 37.2 Å². The Morgan fingerprint density at radius 1 is 1.19 bits per heavy atom. The lowest BCUT2D eigenvalue weighted by atomic mass is 10.2. The van der Waals surface area contributed by atoms with Gasteiger partial charge in [-0.05, 0) is 31.2 Å². The van der Waals surface area contributed by atoms with Crippen LogP contribution in [0.5, 0.6) is 5.75 Å². The molecule has 0 atom stereocenters. The zero-order chi connectivity index (χ0) is 15.1. The molecule has 0 aliphatic rings. The molecule has 1 heterocycles. The molecule has 4 heteroatoms. The van der Waals surface area contributed by atoms with Gasteiger partial charge in [0.25, 0.3) is 0 Å². The summed E-state index contributed by atoms with van der Waals surface area (Å²) in [4.78, 5) is 6.39. The molecule has 0 amide bonds. The zero-order valence-corrected chi connectivity index (χ0v) is 13.0. The second-order valence-electron chi connectivity index (χ2n) is 4.91. The average molecular weight is 285 g/mol. The van der Waals surface area contributed by atoms with Crippen LogP contribution in [0.2, 0.25) is 0 Å². The maximum Gasteiger partial charge on any atom is 0.142 e. The summed E-state index contributed by atoms with van der Waals surface area (Å²) in [6.45, 7) is 3.99. The summed E-state index contributed by atoms with van der Waals surface area (Å²) in [5, 5.41) is 3.43. The van der Waals surface area contributed by atoms with Gasteiger partial charge in [0.05, 0.1) is 12.8 Å². The van der Waals surface area contributed by atoms with Crippen molar-refractivity contribution in [3.8, 4) is 5.75 Å². The van der Waals surface area contributed by atoms with Crippen LogP contribution in [0.25, 0.3) is 0 Å². The van der Waals surface area contributed by atoms with E-state index in [0.29, 0.717) is 0 Å². The number of methoxy groups -OCH3 is 1. The van der Waals surface area contributed by atoms with Crippen LogP contribution in [0.15, 0.2) is 42.7 Å². The molecule has 0 saturated carbocycles. The van der Waals surface area contributed by atoms with Crippen LogP contribution in [0.1, 0.15) is 18.9 Å². The first kappa shape index (κ1) is 15.3. The Bertz CT molecular complexity index is 571. The monoisotopic (exact) mass is 285 g/mol. The number of hydrogen-bond acceptors (Lipinski definition) is 4. The van der Waals surface area contributed by atoms with E-state index < -0.39 is 0 Å². The Balaban J connectivity index is 2.28. The van der Waals surface area contributed by atoms with E-state index in [2.05, 4.69) is 35.2 Å². The molecule has 0 fully saturated rings. The fourth-order valence-electron chi connectivity index (χ4n) is 2.32. The normalized spacial score (nSPS) is 10.4. The zero-order valence-electron chi connectivity index (χ0n) is 13.0. The molecule has 1 N–H and O–H groups in total. The molecule has 0 aliphatic heterocycles. The van der Waals surface area contributed by atoms with Crippen molar-refractivity contribution in [1.29, 1.82) is 0 Å². The fraction of sp³-hybridized carbons (Fsp3) is 0.353. The molecule has 2 aromatic rings.